The Labute approximate surface area is 78.3 Å². The summed E-state index contributed by atoms with van der Waals surface area (Å²) in [5, 5.41) is 0. The first kappa shape index (κ1) is 8.92. The monoisotopic (exact) mass is 204 g/mol. The van der Waals surface area contributed by atoms with Gasteiger partial charge in [0, 0.05) is 4.47 Å². The molecule has 0 unspecified atom stereocenters. The summed E-state index contributed by atoms with van der Waals surface area (Å²) in [6, 6.07) is 5.97. The highest BCUT2D eigenvalue weighted by Gasteiger charge is 1.97. The van der Waals surface area contributed by atoms with Crippen LogP contribution in [0.1, 0.15) is 11.1 Å². The topological polar surface area (TPSA) is 0 Å². The van der Waals surface area contributed by atoms with Crippen LogP contribution in [0.5, 0.6) is 0 Å². The lowest BCUT2D eigenvalue weighted by molar-refractivity contribution is 1.26. The average molecular weight is 205 g/mol. The van der Waals surface area contributed by atoms with Crippen molar-refractivity contribution in [1.29, 1.82) is 0 Å². The fourth-order valence-corrected chi connectivity index (χ4v) is 1.39. The van der Waals surface area contributed by atoms with Crippen molar-refractivity contribution in [3.05, 3.63) is 33.8 Å². The van der Waals surface area contributed by atoms with E-state index in [-0.39, 0.29) is 0 Å². The van der Waals surface area contributed by atoms with Crippen molar-refractivity contribution >= 4 is 31.6 Å². The van der Waals surface area contributed by atoms with Gasteiger partial charge in [-0.25, -0.2) is 0 Å². The molecule has 0 saturated carbocycles. The summed E-state index contributed by atoms with van der Waals surface area (Å²) in [5.74, 6) is 0. The molecule has 4 radical (unpaired) electrons. The van der Waals surface area contributed by atoms with Gasteiger partial charge in [-0.3, -0.25) is 0 Å². The van der Waals surface area contributed by atoms with Gasteiger partial charge in [0.1, 0.15) is 0 Å². The van der Waals surface area contributed by atoms with Crippen molar-refractivity contribution in [3.8, 4) is 0 Å². The smallest absolute Gasteiger partial charge is 0.0641 e. The Kier molecular flexibility index (Phi) is 3.25. The molecule has 0 nitrogen and oxygen atoms in total. The standard InChI is InChI=1S/C8H7B2Br/c9-4-6-1-2-8(11)3-7(6)5-10/h1-3H,4-5H2. The molecule has 0 atom stereocenters. The maximum atomic E-state index is 5.52. The molecule has 0 aliphatic carbocycles. The molecule has 0 heterocycles. The molecule has 0 bridgehead atoms. The van der Waals surface area contributed by atoms with E-state index in [9.17, 15) is 0 Å². The van der Waals surface area contributed by atoms with Crippen molar-refractivity contribution in [3.63, 3.8) is 0 Å². The Hall–Kier alpha value is -0.170. The lowest BCUT2D eigenvalue weighted by Crippen LogP contribution is -1.93. The lowest BCUT2D eigenvalue weighted by Gasteiger charge is -2.05. The molecule has 1 aromatic carbocycles. The summed E-state index contributed by atoms with van der Waals surface area (Å²) in [5.41, 5.74) is 2.23. The van der Waals surface area contributed by atoms with Crippen LogP contribution in [0.4, 0.5) is 0 Å². The number of rotatable bonds is 2. The van der Waals surface area contributed by atoms with Crippen LogP contribution in [-0.4, -0.2) is 15.7 Å². The molecular weight excluding hydrogens is 198 g/mol. The second-order valence-corrected chi connectivity index (χ2v) is 3.24. The fraction of sp³-hybridized carbons (Fsp3) is 0.250. The van der Waals surface area contributed by atoms with E-state index in [4.69, 9.17) is 15.7 Å². The molecule has 0 amide bonds. The molecule has 52 valence electrons. The van der Waals surface area contributed by atoms with Crippen LogP contribution >= 0.6 is 15.9 Å². The van der Waals surface area contributed by atoms with E-state index in [2.05, 4.69) is 15.9 Å². The number of halogens is 1. The van der Waals surface area contributed by atoms with Gasteiger partial charge in [0.2, 0.25) is 0 Å². The second-order valence-electron chi connectivity index (χ2n) is 2.32. The van der Waals surface area contributed by atoms with Crippen LogP contribution in [-0.2, 0) is 12.6 Å². The Bertz CT molecular complexity index is 248. The molecule has 0 N–H and O–H groups in total. The Morgan fingerprint density at radius 2 is 1.73 bits per heavy atom. The lowest BCUT2D eigenvalue weighted by atomic mass is 9.87. The minimum Gasteiger partial charge on any atom is -0.0641 e. The molecular formula is C8H7B2Br. The average Bonchev–Trinajstić information content (AvgIpc) is 2.04. The van der Waals surface area contributed by atoms with Gasteiger partial charge in [0.15, 0.2) is 0 Å². The van der Waals surface area contributed by atoms with Crippen LogP contribution in [0, 0.1) is 0 Å². The first-order valence-electron chi connectivity index (χ1n) is 3.45. The Morgan fingerprint density at radius 3 is 2.27 bits per heavy atom. The maximum Gasteiger partial charge on any atom is 0.0716 e. The summed E-state index contributed by atoms with van der Waals surface area (Å²) in [4.78, 5) is 0. The molecule has 0 fully saturated rings. The van der Waals surface area contributed by atoms with Gasteiger partial charge in [0.25, 0.3) is 0 Å². The van der Waals surface area contributed by atoms with Gasteiger partial charge >= 0.3 is 0 Å². The van der Waals surface area contributed by atoms with Gasteiger partial charge in [-0.2, -0.15) is 0 Å². The van der Waals surface area contributed by atoms with E-state index >= 15 is 0 Å². The summed E-state index contributed by atoms with van der Waals surface area (Å²) < 4.78 is 1.05. The third kappa shape index (κ3) is 2.13. The second kappa shape index (κ2) is 4.01. The van der Waals surface area contributed by atoms with Gasteiger partial charge in [-0.05, 0) is 12.1 Å². The van der Waals surface area contributed by atoms with E-state index in [1.54, 1.807) is 0 Å². The summed E-state index contributed by atoms with van der Waals surface area (Å²) in [7, 11) is 11.0. The molecule has 0 spiro atoms. The van der Waals surface area contributed by atoms with Gasteiger partial charge in [-0.1, -0.05) is 45.8 Å². The van der Waals surface area contributed by atoms with E-state index in [0.717, 1.165) is 15.6 Å². The molecule has 1 aromatic rings. The zero-order valence-corrected chi connectivity index (χ0v) is 7.76. The minimum atomic E-state index is 0.548. The Balaban J connectivity index is 3.06. The zero-order chi connectivity index (χ0) is 8.27. The molecule has 3 heteroatoms. The fourth-order valence-electron chi connectivity index (χ4n) is 0.984. The molecule has 0 aromatic heterocycles. The van der Waals surface area contributed by atoms with Crippen LogP contribution in [0.15, 0.2) is 22.7 Å². The van der Waals surface area contributed by atoms with Crippen molar-refractivity contribution < 1.29 is 0 Å². The van der Waals surface area contributed by atoms with Gasteiger partial charge < -0.3 is 0 Å². The summed E-state index contributed by atoms with van der Waals surface area (Å²) in [6.07, 6.45) is 1.10. The van der Waals surface area contributed by atoms with E-state index in [1.807, 2.05) is 18.2 Å². The van der Waals surface area contributed by atoms with Crippen LogP contribution in [0.2, 0.25) is 0 Å². The van der Waals surface area contributed by atoms with Crippen LogP contribution < -0.4 is 0 Å². The van der Waals surface area contributed by atoms with Crippen molar-refractivity contribution in [2.45, 2.75) is 12.6 Å². The van der Waals surface area contributed by atoms with E-state index < -0.39 is 0 Å². The first-order valence-corrected chi connectivity index (χ1v) is 4.24. The maximum absolute atomic E-state index is 5.52. The van der Waals surface area contributed by atoms with Gasteiger partial charge in [0.05, 0.1) is 15.7 Å². The zero-order valence-electron chi connectivity index (χ0n) is 6.18. The summed E-state index contributed by atoms with van der Waals surface area (Å²) >= 11 is 3.37. The molecule has 0 aliphatic rings. The van der Waals surface area contributed by atoms with Crippen LogP contribution in [0.25, 0.3) is 0 Å². The molecule has 0 saturated heterocycles. The third-order valence-corrected chi connectivity index (χ3v) is 2.10. The number of hydrogen-bond donors (Lipinski definition) is 0. The third-order valence-electron chi connectivity index (χ3n) is 1.61. The SMILES string of the molecule is [B]Cc1ccc(Br)cc1C[B]. The minimum absolute atomic E-state index is 0.548. The number of benzene rings is 1. The highest BCUT2D eigenvalue weighted by atomic mass is 79.9. The molecule has 11 heavy (non-hydrogen) atoms. The normalized spacial score (nSPS) is 9.91. The predicted molar refractivity (Wildman–Crippen MR) is 53.1 cm³/mol. The van der Waals surface area contributed by atoms with E-state index in [0.29, 0.717) is 12.6 Å². The van der Waals surface area contributed by atoms with Crippen LogP contribution in [0.3, 0.4) is 0 Å². The Morgan fingerprint density at radius 1 is 1.09 bits per heavy atom. The van der Waals surface area contributed by atoms with E-state index in [1.165, 1.54) is 0 Å². The quantitative estimate of drug-likeness (QED) is 0.645. The van der Waals surface area contributed by atoms with Gasteiger partial charge in [-0.15, -0.1) is 0 Å². The highest BCUT2D eigenvalue weighted by Crippen LogP contribution is 2.16. The predicted octanol–water partition coefficient (Wildman–Crippen LogP) is 1.79. The molecule has 1 rings (SSSR count). The summed E-state index contributed by atoms with van der Waals surface area (Å²) in [6.45, 7) is 0. The first-order chi connectivity index (χ1) is 5.27. The number of hydrogen-bond acceptors (Lipinski definition) is 0. The van der Waals surface area contributed by atoms with Crippen molar-refractivity contribution in [2.75, 3.05) is 0 Å². The molecule has 0 aliphatic heterocycles. The van der Waals surface area contributed by atoms with Crippen molar-refractivity contribution in [1.82, 2.24) is 0 Å². The largest absolute Gasteiger partial charge is 0.0716 e. The van der Waals surface area contributed by atoms with Crippen molar-refractivity contribution in [2.24, 2.45) is 0 Å². The highest BCUT2D eigenvalue weighted by molar-refractivity contribution is 9.10.